The molecule has 0 unspecified atom stereocenters. The van der Waals surface area contributed by atoms with Crippen LogP contribution in [0.5, 0.6) is 0 Å². The molecule has 1 aromatic carbocycles. The second kappa shape index (κ2) is 9.66. The van der Waals surface area contributed by atoms with E-state index >= 15 is 0 Å². The summed E-state index contributed by atoms with van der Waals surface area (Å²) >= 11 is 7.61. The summed E-state index contributed by atoms with van der Waals surface area (Å²) in [7, 11) is 0. The zero-order valence-electron chi connectivity index (χ0n) is 15.2. The van der Waals surface area contributed by atoms with Crippen molar-refractivity contribution >= 4 is 17.2 Å². The van der Waals surface area contributed by atoms with E-state index in [1.165, 1.54) is 62.6 Å². The third kappa shape index (κ3) is 6.45. The normalized spacial score (nSPS) is 13.3. The van der Waals surface area contributed by atoms with Crippen LogP contribution in [0.1, 0.15) is 70.4 Å². The van der Waals surface area contributed by atoms with E-state index in [-0.39, 0.29) is 0 Å². The molecule has 0 aromatic heterocycles. The van der Waals surface area contributed by atoms with Crippen molar-refractivity contribution in [1.82, 2.24) is 0 Å². The zero-order valence-corrected chi connectivity index (χ0v) is 16.8. The van der Waals surface area contributed by atoms with Gasteiger partial charge in [-0.2, -0.15) is 0 Å². The summed E-state index contributed by atoms with van der Waals surface area (Å²) in [5.41, 5.74) is 2.05. The molecule has 1 aromatic rings. The second-order valence-electron chi connectivity index (χ2n) is 7.02. The van der Waals surface area contributed by atoms with E-state index in [1.54, 1.807) is 0 Å². The molecule has 0 atom stereocenters. The monoisotopic (exact) mass is 353 g/mol. The fraction of sp³-hybridized carbons (Fsp3) is 0.650. The Morgan fingerprint density at radius 1 is 0.870 bits per heavy atom. The van der Waals surface area contributed by atoms with Gasteiger partial charge in [-0.1, -0.05) is 0 Å². The maximum absolute atomic E-state index is 8.99. The number of hydrogen-bond acceptors (Lipinski definition) is 1. The third-order valence-corrected chi connectivity index (χ3v) is 12.2. The average Bonchev–Trinajstić information content (AvgIpc) is 2.58. The van der Waals surface area contributed by atoms with Gasteiger partial charge >= 0.3 is 148 Å². The van der Waals surface area contributed by atoms with Crippen molar-refractivity contribution < 1.29 is 0 Å². The molecule has 1 nitrogen and oxygen atoms in total. The number of rotatable bonds is 11. The van der Waals surface area contributed by atoms with Gasteiger partial charge in [-0.15, -0.1) is 0 Å². The number of benzene rings is 1. The first-order valence-electron chi connectivity index (χ1n) is 9.20. The van der Waals surface area contributed by atoms with Gasteiger partial charge in [0.1, 0.15) is 0 Å². The molecule has 3 heteroatoms. The van der Waals surface area contributed by atoms with Crippen LogP contribution in [0.15, 0.2) is 24.3 Å². The second-order valence-corrected chi connectivity index (χ2v) is 15.2. The van der Waals surface area contributed by atoms with Gasteiger partial charge in [0, 0.05) is 0 Å². The van der Waals surface area contributed by atoms with E-state index < -0.39 is 5.96 Å². The molecular weight excluding hydrogens is 321 g/mol. The minimum atomic E-state index is -2.23. The zero-order chi connectivity index (χ0) is 17.2. The Labute approximate surface area is 148 Å². The van der Waals surface area contributed by atoms with Crippen LogP contribution < -0.4 is 0 Å². The molecule has 130 valence electrons. The van der Waals surface area contributed by atoms with Gasteiger partial charge in [0.2, 0.25) is 0 Å². The van der Waals surface area contributed by atoms with Crippen LogP contribution in [0.25, 0.3) is 0 Å². The molecule has 0 heterocycles. The summed E-state index contributed by atoms with van der Waals surface area (Å²) in [5, 5.41) is 8.99. The number of unbranched alkanes of at least 4 members (excludes halogenated alkanes) is 3. The molecule has 0 aliphatic heterocycles. The summed E-state index contributed by atoms with van der Waals surface area (Å²) in [4.78, 5) is 0. The van der Waals surface area contributed by atoms with E-state index in [0.717, 1.165) is 11.7 Å². The van der Waals surface area contributed by atoms with E-state index in [4.69, 9.17) is 16.5 Å². The standard InChI is InChI=1S/C20H33ClNP/c1-4-7-14-23(21,15-8-5-2,16-9-6-3)18-20-12-10-19(17-22)11-13-20/h10-13H,4-9,14-16,18H2,1-3H3. The van der Waals surface area contributed by atoms with Crippen LogP contribution in [0.2, 0.25) is 0 Å². The first-order valence-corrected chi connectivity index (χ1v) is 13.1. The molecule has 0 radical (unpaired) electrons. The maximum atomic E-state index is 8.99. The van der Waals surface area contributed by atoms with Gasteiger partial charge in [-0.05, 0) is 0 Å². The summed E-state index contributed by atoms with van der Waals surface area (Å²) in [5.74, 6) is -2.23. The van der Waals surface area contributed by atoms with Gasteiger partial charge in [0.15, 0.2) is 0 Å². The predicted molar refractivity (Wildman–Crippen MR) is 107 cm³/mol. The van der Waals surface area contributed by atoms with Crippen LogP contribution in [0, 0.1) is 11.3 Å². The molecule has 0 bridgehead atoms. The summed E-state index contributed by atoms with van der Waals surface area (Å²) in [6, 6.07) is 10.3. The molecule has 0 saturated carbocycles. The van der Waals surface area contributed by atoms with Gasteiger partial charge in [-0.3, -0.25) is 0 Å². The Balaban J connectivity index is 3.08. The number of hydrogen-bond donors (Lipinski definition) is 0. The van der Waals surface area contributed by atoms with E-state index in [9.17, 15) is 0 Å². The Morgan fingerprint density at radius 2 is 1.30 bits per heavy atom. The summed E-state index contributed by atoms with van der Waals surface area (Å²) in [6.45, 7) is 6.79. The first kappa shape index (κ1) is 20.5. The van der Waals surface area contributed by atoms with Crippen LogP contribution in [-0.4, -0.2) is 18.5 Å². The molecule has 0 aliphatic carbocycles. The molecule has 0 aliphatic rings. The van der Waals surface area contributed by atoms with Crippen molar-refractivity contribution in [3.8, 4) is 6.07 Å². The van der Waals surface area contributed by atoms with Crippen molar-refractivity contribution in [1.29, 1.82) is 5.26 Å². The average molecular weight is 354 g/mol. The number of nitrogens with zero attached hydrogens (tertiary/aromatic N) is 1. The van der Waals surface area contributed by atoms with Gasteiger partial charge in [-0.25, -0.2) is 0 Å². The molecular formula is C20H33ClNP. The fourth-order valence-electron chi connectivity index (χ4n) is 3.37. The van der Waals surface area contributed by atoms with Crippen LogP contribution in [0.3, 0.4) is 0 Å². The topological polar surface area (TPSA) is 23.8 Å². The molecule has 23 heavy (non-hydrogen) atoms. The molecule has 0 N–H and O–H groups in total. The van der Waals surface area contributed by atoms with E-state index in [2.05, 4.69) is 39.0 Å². The van der Waals surface area contributed by atoms with Crippen molar-refractivity contribution in [2.75, 3.05) is 18.5 Å². The molecule has 0 spiro atoms. The number of nitriles is 1. The number of halogens is 1. The quantitative estimate of drug-likeness (QED) is 0.387. The summed E-state index contributed by atoms with van der Waals surface area (Å²) in [6.07, 6.45) is 12.1. The molecule has 0 saturated heterocycles. The van der Waals surface area contributed by atoms with Crippen LogP contribution in [0.4, 0.5) is 0 Å². The van der Waals surface area contributed by atoms with Gasteiger partial charge in [0.05, 0.1) is 0 Å². The Bertz CT molecular complexity index is 479. The van der Waals surface area contributed by atoms with Gasteiger partial charge in [0.25, 0.3) is 0 Å². The van der Waals surface area contributed by atoms with E-state index in [1.807, 2.05) is 12.1 Å². The Morgan fingerprint density at radius 3 is 1.65 bits per heavy atom. The predicted octanol–water partition coefficient (Wildman–Crippen LogP) is 7.17. The van der Waals surface area contributed by atoms with Crippen molar-refractivity contribution in [3.63, 3.8) is 0 Å². The van der Waals surface area contributed by atoms with Crippen LogP contribution in [-0.2, 0) is 6.16 Å². The SMILES string of the molecule is CCCCP(Cl)(CCCC)(CCCC)Cc1ccc(C#N)cc1. The fourth-order valence-corrected chi connectivity index (χ4v) is 10.5. The van der Waals surface area contributed by atoms with Crippen LogP contribution >= 0.6 is 17.2 Å². The third-order valence-electron chi connectivity index (χ3n) is 4.87. The molecule has 0 fully saturated rings. The van der Waals surface area contributed by atoms with E-state index in [0.29, 0.717) is 0 Å². The minimum absolute atomic E-state index is 0.735. The molecule has 0 amide bonds. The molecule has 1 rings (SSSR count). The summed E-state index contributed by atoms with van der Waals surface area (Å²) < 4.78 is 0. The Hall–Kier alpha value is -0.570. The van der Waals surface area contributed by atoms with Crippen molar-refractivity contribution in [3.05, 3.63) is 35.4 Å². The van der Waals surface area contributed by atoms with Crippen molar-refractivity contribution in [2.24, 2.45) is 0 Å². The first-order chi connectivity index (χ1) is 11.0. The van der Waals surface area contributed by atoms with Gasteiger partial charge < -0.3 is 0 Å². The van der Waals surface area contributed by atoms with Crippen molar-refractivity contribution in [2.45, 2.75) is 65.5 Å². The Kier molecular flexibility index (Phi) is 8.60.